The van der Waals surface area contributed by atoms with E-state index in [-0.39, 0.29) is 5.04 Å². The normalized spacial score (nSPS) is 18.8. The number of ether oxygens (including phenoxy) is 1. The molecule has 0 N–H and O–H groups in total. The molecular formula is C14H27NO2Si. The first-order chi connectivity index (χ1) is 8.33. The number of hydrogen-bond acceptors (Lipinski definition) is 3. The average Bonchev–Trinajstić information content (AvgIpc) is 2.28. The van der Waals surface area contributed by atoms with E-state index in [9.17, 15) is 0 Å². The maximum Gasteiger partial charge on any atom is 0.249 e. The van der Waals surface area contributed by atoms with E-state index < -0.39 is 8.32 Å². The van der Waals surface area contributed by atoms with Crippen LogP contribution in [0.2, 0.25) is 18.1 Å². The zero-order valence-corrected chi connectivity index (χ0v) is 13.4. The first-order valence-corrected chi connectivity index (χ1v) is 9.57. The summed E-state index contributed by atoms with van der Waals surface area (Å²) in [4.78, 5) is 2.26. The van der Waals surface area contributed by atoms with Crippen molar-refractivity contribution in [3.05, 3.63) is 24.6 Å². The molecule has 1 fully saturated rings. The lowest BCUT2D eigenvalue weighted by atomic mass is 10.2. The molecule has 1 rings (SSSR count). The molecule has 4 heteroatoms. The Morgan fingerprint density at radius 3 is 2.28 bits per heavy atom. The smallest absolute Gasteiger partial charge is 0.249 e. The second-order valence-electron chi connectivity index (χ2n) is 6.20. The topological polar surface area (TPSA) is 21.7 Å². The van der Waals surface area contributed by atoms with E-state index in [2.05, 4.69) is 45.0 Å². The van der Waals surface area contributed by atoms with Gasteiger partial charge in [0.25, 0.3) is 0 Å². The average molecular weight is 269 g/mol. The Balaban J connectivity index is 2.34. The van der Waals surface area contributed by atoms with Crippen molar-refractivity contribution in [1.29, 1.82) is 0 Å². The molecule has 1 aliphatic heterocycles. The van der Waals surface area contributed by atoms with E-state index in [1.165, 1.54) is 0 Å². The molecular weight excluding hydrogens is 242 g/mol. The fourth-order valence-corrected chi connectivity index (χ4v) is 2.10. The summed E-state index contributed by atoms with van der Waals surface area (Å²) >= 11 is 0. The summed E-state index contributed by atoms with van der Waals surface area (Å²) in [6, 6.07) is 0. The second-order valence-corrected chi connectivity index (χ2v) is 11.0. The Kier molecular flexibility index (Phi) is 5.47. The van der Waals surface area contributed by atoms with E-state index in [0.29, 0.717) is 0 Å². The predicted octanol–water partition coefficient (Wildman–Crippen LogP) is 3.37. The van der Waals surface area contributed by atoms with Crippen molar-refractivity contribution in [3.8, 4) is 0 Å². The minimum Gasteiger partial charge on any atom is -0.549 e. The van der Waals surface area contributed by atoms with Gasteiger partial charge in [-0.05, 0) is 36.5 Å². The highest BCUT2D eigenvalue weighted by Crippen LogP contribution is 2.36. The Morgan fingerprint density at radius 2 is 1.72 bits per heavy atom. The maximum absolute atomic E-state index is 5.95. The molecule has 0 aromatic heterocycles. The van der Waals surface area contributed by atoms with Gasteiger partial charge in [0.2, 0.25) is 8.32 Å². The van der Waals surface area contributed by atoms with Crippen LogP contribution in [-0.4, -0.2) is 39.5 Å². The minimum atomic E-state index is -1.65. The number of hydrogen-bond donors (Lipinski definition) is 0. The van der Waals surface area contributed by atoms with Crippen LogP contribution in [0.1, 0.15) is 20.8 Å². The number of nitrogens with zero attached hydrogens (tertiary/aromatic N) is 1. The molecule has 0 atom stereocenters. The quantitative estimate of drug-likeness (QED) is 0.444. The van der Waals surface area contributed by atoms with Crippen molar-refractivity contribution in [1.82, 2.24) is 4.90 Å². The molecule has 1 heterocycles. The van der Waals surface area contributed by atoms with Gasteiger partial charge in [0.05, 0.1) is 19.5 Å². The molecule has 0 unspecified atom stereocenters. The van der Waals surface area contributed by atoms with E-state index in [0.717, 1.165) is 26.3 Å². The Labute approximate surface area is 113 Å². The van der Waals surface area contributed by atoms with Crippen LogP contribution in [0.15, 0.2) is 24.6 Å². The lowest BCUT2D eigenvalue weighted by Crippen LogP contribution is -2.39. The van der Waals surface area contributed by atoms with Gasteiger partial charge in [0.1, 0.15) is 0 Å². The van der Waals surface area contributed by atoms with Crippen LogP contribution in [0, 0.1) is 0 Å². The molecule has 18 heavy (non-hydrogen) atoms. The van der Waals surface area contributed by atoms with Gasteiger partial charge in [-0.3, -0.25) is 0 Å². The van der Waals surface area contributed by atoms with Crippen LogP contribution in [0.5, 0.6) is 0 Å². The van der Waals surface area contributed by atoms with Crippen LogP contribution in [-0.2, 0) is 9.16 Å². The molecule has 104 valence electrons. The van der Waals surface area contributed by atoms with Crippen LogP contribution in [0.4, 0.5) is 0 Å². The molecule has 0 saturated carbocycles. The van der Waals surface area contributed by atoms with Crippen LogP contribution < -0.4 is 0 Å². The van der Waals surface area contributed by atoms with Gasteiger partial charge in [0.15, 0.2) is 0 Å². The number of allylic oxidation sites excluding steroid dienone is 2. The zero-order valence-electron chi connectivity index (χ0n) is 12.4. The summed E-state index contributed by atoms with van der Waals surface area (Å²) in [6.45, 7) is 14.9. The fourth-order valence-electron chi connectivity index (χ4n) is 1.33. The van der Waals surface area contributed by atoms with Crippen molar-refractivity contribution in [3.63, 3.8) is 0 Å². The molecule has 1 saturated heterocycles. The molecule has 0 aromatic carbocycles. The van der Waals surface area contributed by atoms with E-state index in [1.807, 2.05) is 18.4 Å². The Bertz CT molecular complexity index is 299. The minimum absolute atomic E-state index is 0.255. The zero-order chi connectivity index (χ0) is 13.6. The van der Waals surface area contributed by atoms with Crippen molar-refractivity contribution in [2.75, 3.05) is 26.3 Å². The van der Waals surface area contributed by atoms with Gasteiger partial charge in [-0.1, -0.05) is 20.8 Å². The summed E-state index contributed by atoms with van der Waals surface area (Å²) in [5.41, 5.74) is 0. The molecule has 1 aliphatic rings. The molecule has 0 bridgehead atoms. The summed E-state index contributed by atoms with van der Waals surface area (Å²) in [5, 5.41) is 0.255. The van der Waals surface area contributed by atoms with Crippen molar-refractivity contribution in [2.24, 2.45) is 0 Å². The first kappa shape index (κ1) is 15.3. The third-order valence-corrected chi connectivity index (χ3v) is 8.04. The van der Waals surface area contributed by atoms with Crippen molar-refractivity contribution >= 4 is 8.32 Å². The van der Waals surface area contributed by atoms with Gasteiger partial charge in [-0.15, -0.1) is 0 Å². The molecule has 0 spiro atoms. The molecule has 0 aromatic rings. The Morgan fingerprint density at radius 1 is 1.11 bits per heavy atom. The van der Waals surface area contributed by atoms with Gasteiger partial charge >= 0.3 is 0 Å². The lowest BCUT2D eigenvalue weighted by Gasteiger charge is -2.34. The summed E-state index contributed by atoms with van der Waals surface area (Å²) < 4.78 is 11.2. The Hall–Kier alpha value is -0.743. The fraction of sp³-hybridized carbons (Fsp3) is 0.714. The first-order valence-electron chi connectivity index (χ1n) is 6.66. The molecule has 3 nitrogen and oxygen atoms in total. The van der Waals surface area contributed by atoms with E-state index >= 15 is 0 Å². The highest BCUT2D eigenvalue weighted by molar-refractivity contribution is 6.74. The van der Waals surface area contributed by atoms with Gasteiger partial charge in [-0.2, -0.15) is 0 Å². The van der Waals surface area contributed by atoms with Gasteiger partial charge in [0, 0.05) is 13.1 Å². The maximum atomic E-state index is 5.95. The number of rotatable bonds is 4. The second kappa shape index (κ2) is 6.43. The molecule has 0 amide bonds. The standard InChI is InChI=1S/C14H27NO2Si/c1-14(2,3)18(4,5)17-11-7-6-8-15-9-12-16-13-10-15/h6-8,11H,9-10,12-13H2,1-5H3/b8-6+,11-7+. The third-order valence-electron chi connectivity index (χ3n) is 3.70. The van der Waals surface area contributed by atoms with Gasteiger partial charge in [-0.25, -0.2) is 0 Å². The highest BCUT2D eigenvalue weighted by atomic mass is 28.4. The SMILES string of the molecule is CC(C)(C)[Si](C)(C)O/C=C/C=C/N1CCOCC1. The largest absolute Gasteiger partial charge is 0.549 e. The summed E-state index contributed by atoms with van der Waals surface area (Å²) in [6.07, 6.45) is 7.97. The van der Waals surface area contributed by atoms with Crippen LogP contribution in [0.25, 0.3) is 0 Å². The lowest BCUT2D eigenvalue weighted by molar-refractivity contribution is 0.0594. The monoisotopic (exact) mass is 269 g/mol. The van der Waals surface area contributed by atoms with Crippen LogP contribution in [0.3, 0.4) is 0 Å². The molecule has 0 radical (unpaired) electrons. The van der Waals surface area contributed by atoms with E-state index in [1.54, 1.807) is 0 Å². The summed E-state index contributed by atoms with van der Waals surface area (Å²) in [5.74, 6) is 0. The van der Waals surface area contributed by atoms with Gasteiger partial charge < -0.3 is 14.1 Å². The highest BCUT2D eigenvalue weighted by Gasteiger charge is 2.37. The van der Waals surface area contributed by atoms with Crippen molar-refractivity contribution in [2.45, 2.75) is 38.9 Å². The summed E-state index contributed by atoms with van der Waals surface area (Å²) in [7, 11) is -1.65. The third kappa shape index (κ3) is 4.86. The number of morpholine rings is 1. The predicted molar refractivity (Wildman–Crippen MR) is 79.0 cm³/mol. The van der Waals surface area contributed by atoms with Crippen LogP contribution >= 0.6 is 0 Å². The van der Waals surface area contributed by atoms with Crippen molar-refractivity contribution < 1.29 is 9.16 Å². The van der Waals surface area contributed by atoms with E-state index in [4.69, 9.17) is 9.16 Å². The molecule has 0 aliphatic carbocycles.